The molecule has 2 rings (SSSR count). The Balaban J connectivity index is 2.39. The second-order valence-electron chi connectivity index (χ2n) is 3.26. The van der Waals surface area contributed by atoms with E-state index in [0.717, 1.165) is 16.8 Å². The number of hydrogen-bond acceptors (Lipinski definition) is 3. The fourth-order valence-corrected chi connectivity index (χ4v) is 1.42. The first-order valence-electron chi connectivity index (χ1n) is 4.78. The van der Waals surface area contributed by atoms with Crippen LogP contribution in [0.15, 0.2) is 58.7 Å². The van der Waals surface area contributed by atoms with Crippen molar-refractivity contribution in [3.8, 4) is 0 Å². The van der Waals surface area contributed by atoms with Gasteiger partial charge in [-0.25, -0.2) is 4.99 Å². The molecule has 16 heavy (non-hydrogen) atoms. The molecule has 1 aromatic rings. The van der Waals surface area contributed by atoms with E-state index in [2.05, 4.69) is 34.7 Å². The molecule has 3 nitrogen and oxygen atoms in total. The van der Waals surface area contributed by atoms with Gasteiger partial charge >= 0.3 is 0 Å². The molecule has 0 bridgehead atoms. The van der Waals surface area contributed by atoms with Crippen LogP contribution >= 0.6 is 12.6 Å². The molecule has 0 aliphatic carbocycles. The maximum absolute atomic E-state index is 4.21. The number of aliphatic imine (C=N–C) groups is 1. The Hall–Kier alpha value is -1.81. The van der Waals surface area contributed by atoms with Gasteiger partial charge in [0.25, 0.3) is 0 Å². The number of benzene rings is 1. The maximum atomic E-state index is 4.21. The van der Waals surface area contributed by atoms with Crippen LogP contribution in [-0.4, -0.2) is 11.4 Å². The van der Waals surface area contributed by atoms with Crippen LogP contribution in [0.4, 0.5) is 0 Å². The van der Waals surface area contributed by atoms with Gasteiger partial charge in [0.15, 0.2) is 0 Å². The van der Waals surface area contributed by atoms with E-state index >= 15 is 0 Å². The molecule has 1 aromatic carbocycles. The van der Waals surface area contributed by atoms with Crippen molar-refractivity contribution < 1.29 is 0 Å². The molecule has 1 aliphatic rings. The summed E-state index contributed by atoms with van der Waals surface area (Å²) < 4.78 is 0. The molecule has 1 N–H and O–H groups in total. The Labute approximate surface area is 99.7 Å². The number of hydrogen-bond donors (Lipinski definition) is 2. The van der Waals surface area contributed by atoms with Crippen molar-refractivity contribution in [2.75, 3.05) is 0 Å². The molecular formula is C12H11N3S. The van der Waals surface area contributed by atoms with Crippen LogP contribution in [0.1, 0.15) is 5.56 Å². The van der Waals surface area contributed by atoms with Crippen LogP contribution in [0.25, 0.3) is 5.70 Å². The van der Waals surface area contributed by atoms with E-state index in [4.69, 9.17) is 0 Å². The van der Waals surface area contributed by atoms with Gasteiger partial charge in [-0.1, -0.05) is 36.9 Å². The monoisotopic (exact) mass is 229 g/mol. The molecule has 0 atom stereocenters. The molecule has 80 valence electrons. The minimum atomic E-state index is 0.568. The Kier molecular flexibility index (Phi) is 3.22. The summed E-state index contributed by atoms with van der Waals surface area (Å²) in [4.78, 5) is 3.98. The lowest BCUT2D eigenvalue weighted by molar-refractivity contribution is 0.993. The molecular weight excluding hydrogens is 218 g/mol. The van der Waals surface area contributed by atoms with E-state index in [9.17, 15) is 0 Å². The predicted molar refractivity (Wildman–Crippen MR) is 71.6 cm³/mol. The van der Waals surface area contributed by atoms with E-state index in [-0.39, 0.29) is 0 Å². The zero-order chi connectivity index (χ0) is 11.4. The second-order valence-corrected chi connectivity index (χ2v) is 3.68. The highest BCUT2D eigenvalue weighted by molar-refractivity contribution is 7.97. The van der Waals surface area contributed by atoms with E-state index in [1.54, 1.807) is 0 Å². The van der Waals surface area contributed by atoms with Crippen molar-refractivity contribution in [3.63, 3.8) is 0 Å². The van der Waals surface area contributed by atoms with Crippen molar-refractivity contribution in [2.24, 2.45) is 10.1 Å². The SMILES string of the molecule is C=C1/C=C(/c2ccccc2)N/N=C\N=C/1S. The van der Waals surface area contributed by atoms with E-state index in [1.165, 1.54) is 6.34 Å². The summed E-state index contributed by atoms with van der Waals surface area (Å²) in [6, 6.07) is 9.91. The van der Waals surface area contributed by atoms with Crippen LogP contribution in [0.2, 0.25) is 0 Å². The lowest BCUT2D eigenvalue weighted by atomic mass is 10.1. The Morgan fingerprint density at radius 3 is 2.69 bits per heavy atom. The fourth-order valence-electron chi connectivity index (χ4n) is 1.30. The number of hydrazone groups is 1. The molecule has 0 fully saturated rings. The first-order chi connectivity index (χ1) is 7.77. The average molecular weight is 229 g/mol. The van der Waals surface area contributed by atoms with Gasteiger partial charge in [0.1, 0.15) is 11.4 Å². The maximum Gasteiger partial charge on any atom is 0.136 e. The largest absolute Gasteiger partial charge is 0.276 e. The normalized spacial score (nSPS) is 24.2. The van der Waals surface area contributed by atoms with Crippen molar-refractivity contribution >= 4 is 29.7 Å². The average Bonchev–Trinajstić information content (AvgIpc) is 2.31. The number of nitrogens with one attached hydrogen (secondary N) is 1. The van der Waals surface area contributed by atoms with Crippen LogP contribution in [-0.2, 0) is 0 Å². The zero-order valence-electron chi connectivity index (χ0n) is 8.59. The van der Waals surface area contributed by atoms with Gasteiger partial charge in [0, 0.05) is 5.57 Å². The standard InChI is InChI=1S/C12H11N3S/c1-9-7-11(10-5-3-2-4-6-10)15-14-8-13-12(9)16/h2-8,15H,1H2,(H,13,14,16)/b11-7-. The highest BCUT2D eigenvalue weighted by atomic mass is 32.1. The quantitative estimate of drug-likeness (QED) is 0.713. The van der Waals surface area contributed by atoms with Crippen LogP contribution in [0.5, 0.6) is 0 Å². The molecule has 0 radical (unpaired) electrons. The molecule has 1 aliphatic heterocycles. The van der Waals surface area contributed by atoms with Crippen molar-refractivity contribution in [3.05, 3.63) is 54.1 Å². The van der Waals surface area contributed by atoms with Crippen LogP contribution < -0.4 is 5.43 Å². The van der Waals surface area contributed by atoms with Gasteiger partial charge in [-0.15, -0.1) is 12.6 Å². The summed E-state index contributed by atoms with van der Waals surface area (Å²) in [7, 11) is 0. The highest BCUT2D eigenvalue weighted by Crippen LogP contribution is 2.15. The predicted octanol–water partition coefficient (Wildman–Crippen LogP) is 2.46. The summed E-state index contributed by atoms with van der Waals surface area (Å²) in [6.07, 6.45) is 3.29. The smallest absolute Gasteiger partial charge is 0.136 e. The van der Waals surface area contributed by atoms with Crippen molar-refractivity contribution in [1.82, 2.24) is 5.43 Å². The topological polar surface area (TPSA) is 36.8 Å². The molecule has 0 amide bonds. The number of thiol groups is 1. The molecule has 4 heteroatoms. The first-order valence-corrected chi connectivity index (χ1v) is 5.23. The van der Waals surface area contributed by atoms with E-state index in [0.29, 0.717) is 5.04 Å². The van der Waals surface area contributed by atoms with Gasteiger partial charge in [0.05, 0.1) is 5.70 Å². The van der Waals surface area contributed by atoms with Gasteiger partial charge in [-0.2, -0.15) is 5.10 Å². The lowest BCUT2D eigenvalue weighted by Crippen LogP contribution is -2.08. The molecule has 0 aromatic heterocycles. The Bertz CT molecular complexity index is 486. The van der Waals surface area contributed by atoms with Crippen molar-refractivity contribution in [1.29, 1.82) is 0 Å². The number of allylic oxidation sites excluding steroid dienone is 1. The highest BCUT2D eigenvalue weighted by Gasteiger charge is 2.04. The van der Waals surface area contributed by atoms with Crippen LogP contribution in [0.3, 0.4) is 0 Å². The summed E-state index contributed by atoms with van der Waals surface area (Å²) in [5.41, 5.74) is 5.59. The summed E-state index contributed by atoms with van der Waals surface area (Å²) in [6.45, 7) is 3.89. The summed E-state index contributed by atoms with van der Waals surface area (Å²) >= 11 is 4.21. The molecule has 0 spiro atoms. The van der Waals surface area contributed by atoms with Crippen LogP contribution in [0, 0.1) is 0 Å². The van der Waals surface area contributed by atoms with Gasteiger partial charge in [-0.05, 0) is 11.6 Å². The summed E-state index contributed by atoms with van der Waals surface area (Å²) in [5, 5.41) is 4.52. The second kappa shape index (κ2) is 4.81. The minimum absolute atomic E-state index is 0.568. The number of rotatable bonds is 1. The third-order valence-electron chi connectivity index (χ3n) is 2.11. The third kappa shape index (κ3) is 2.41. The van der Waals surface area contributed by atoms with Gasteiger partial charge in [0.2, 0.25) is 0 Å². The third-order valence-corrected chi connectivity index (χ3v) is 2.52. The Morgan fingerprint density at radius 2 is 1.94 bits per heavy atom. The van der Waals surface area contributed by atoms with E-state index < -0.39 is 0 Å². The first kappa shape index (κ1) is 10.7. The molecule has 0 unspecified atom stereocenters. The lowest BCUT2D eigenvalue weighted by Gasteiger charge is -2.09. The molecule has 0 saturated carbocycles. The van der Waals surface area contributed by atoms with Gasteiger partial charge in [-0.3, -0.25) is 5.43 Å². The Morgan fingerprint density at radius 1 is 1.19 bits per heavy atom. The molecule has 1 heterocycles. The fraction of sp³-hybridized carbons (Fsp3) is 0. The summed E-state index contributed by atoms with van der Waals surface area (Å²) in [5.74, 6) is 0. The van der Waals surface area contributed by atoms with Crippen molar-refractivity contribution in [2.45, 2.75) is 0 Å². The minimum Gasteiger partial charge on any atom is -0.276 e. The van der Waals surface area contributed by atoms with Gasteiger partial charge < -0.3 is 0 Å². The van der Waals surface area contributed by atoms with E-state index in [1.807, 2.05) is 36.4 Å². The zero-order valence-corrected chi connectivity index (χ0v) is 9.48. The molecule has 0 saturated heterocycles. The number of nitrogens with zero attached hydrogens (tertiary/aromatic N) is 2.